The van der Waals surface area contributed by atoms with Crippen molar-refractivity contribution in [1.82, 2.24) is 9.97 Å². The number of aromatic nitrogens is 2. The van der Waals surface area contributed by atoms with Crippen LogP contribution in [-0.2, 0) is 4.74 Å². The Morgan fingerprint density at radius 3 is 3.00 bits per heavy atom. The molecule has 3 rings (SSSR count). The molecule has 1 aliphatic heterocycles. The van der Waals surface area contributed by atoms with Gasteiger partial charge in [-0.15, -0.1) is 0 Å². The molecule has 1 aromatic heterocycles. The minimum absolute atomic E-state index is 0.114. The molecule has 21 heavy (non-hydrogen) atoms. The number of nitrogens with zero attached hydrogens (tertiary/aromatic N) is 3. The Hall–Kier alpha value is -1.72. The number of hydrogen-bond acceptors (Lipinski definition) is 4. The van der Waals surface area contributed by atoms with Crippen LogP contribution in [0.15, 0.2) is 30.6 Å². The van der Waals surface area contributed by atoms with Gasteiger partial charge in [0.05, 0.1) is 23.5 Å². The fourth-order valence-corrected chi connectivity index (χ4v) is 2.56. The summed E-state index contributed by atoms with van der Waals surface area (Å²) in [4.78, 5) is 10.8. The average molecular weight is 308 g/mol. The maximum Gasteiger partial charge on any atom is 0.147 e. The van der Waals surface area contributed by atoms with Gasteiger partial charge < -0.3 is 9.64 Å². The molecule has 1 unspecified atom stereocenters. The summed E-state index contributed by atoms with van der Waals surface area (Å²) >= 11 is 5.84. The molecule has 1 saturated heterocycles. The van der Waals surface area contributed by atoms with Crippen LogP contribution in [0.4, 0.5) is 10.2 Å². The molecule has 0 saturated carbocycles. The zero-order valence-corrected chi connectivity index (χ0v) is 12.3. The van der Waals surface area contributed by atoms with E-state index in [0.29, 0.717) is 13.2 Å². The zero-order valence-electron chi connectivity index (χ0n) is 11.6. The number of benzene rings is 1. The highest BCUT2D eigenvalue weighted by Gasteiger charge is 2.23. The number of anilines is 1. The molecule has 2 aromatic rings. The lowest BCUT2D eigenvalue weighted by Gasteiger charge is -2.34. The third-order valence-corrected chi connectivity index (χ3v) is 3.74. The largest absolute Gasteiger partial charge is 0.370 e. The van der Waals surface area contributed by atoms with Crippen molar-refractivity contribution < 1.29 is 9.13 Å². The van der Waals surface area contributed by atoms with E-state index in [0.717, 1.165) is 23.6 Å². The SMILES string of the molecule is Cc1cncc(N2CCOC(c3ccc(F)c(Cl)c3)C2)n1. The maximum atomic E-state index is 13.3. The molecule has 0 N–H and O–H groups in total. The van der Waals surface area contributed by atoms with Crippen LogP contribution in [0.1, 0.15) is 17.4 Å². The number of hydrogen-bond donors (Lipinski definition) is 0. The van der Waals surface area contributed by atoms with Crippen molar-refractivity contribution in [1.29, 1.82) is 0 Å². The van der Waals surface area contributed by atoms with Gasteiger partial charge in [0, 0.05) is 19.3 Å². The third kappa shape index (κ3) is 3.14. The molecular weight excluding hydrogens is 293 g/mol. The molecule has 110 valence electrons. The van der Waals surface area contributed by atoms with Crippen LogP contribution in [0.2, 0.25) is 5.02 Å². The monoisotopic (exact) mass is 307 g/mol. The third-order valence-electron chi connectivity index (χ3n) is 3.45. The topological polar surface area (TPSA) is 38.2 Å². The van der Waals surface area contributed by atoms with Gasteiger partial charge in [-0.3, -0.25) is 4.98 Å². The molecule has 4 nitrogen and oxygen atoms in total. The Balaban J connectivity index is 1.80. The first-order valence-electron chi connectivity index (χ1n) is 6.73. The van der Waals surface area contributed by atoms with E-state index in [1.54, 1.807) is 24.5 Å². The average Bonchev–Trinajstić information content (AvgIpc) is 2.50. The van der Waals surface area contributed by atoms with Gasteiger partial charge in [-0.2, -0.15) is 0 Å². The van der Waals surface area contributed by atoms with Crippen LogP contribution < -0.4 is 4.90 Å². The first-order chi connectivity index (χ1) is 10.1. The van der Waals surface area contributed by atoms with Crippen LogP contribution >= 0.6 is 11.6 Å². The van der Waals surface area contributed by atoms with E-state index in [1.165, 1.54) is 6.07 Å². The Bertz CT molecular complexity index is 653. The van der Waals surface area contributed by atoms with Crippen molar-refractivity contribution in [3.63, 3.8) is 0 Å². The number of halogens is 2. The first kappa shape index (κ1) is 14.2. The highest BCUT2D eigenvalue weighted by Crippen LogP contribution is 2.27. The van der Waals surface area contributed by atoms with Gasteiger partial charge in [0.15, 0.2) is 0 Å². The summed E-state index contributed by atoms with van der Waals surface area (Å²) in [7, 11) is 0. The molecule has 6 heteroatoms. The second-order valence-corrected chi connectivity index (χ2v) is 5.40. The van der Waals surface area contributed by atoms with E-state index in [4.69, 9.17) is 16.3 Å². The summed E-state index contributed by atoms with van der Waals surface area (Å²) in [5.74, 6) is 0.411. The summed E-state index contributed by atoms with van der Waals surface area (Å²) in [6.45, 7) is 3.88. The van der Waals surface area contributed by atoms with E-state index >= 15 is 0 Å². The van der Waals surface area contributed by atoms with Crippen molar-refractivity contribution >= 4 is 17.4 Å². The second-order valence-electron chi connectivity index (χ2n) is 5.00. The summed E-state index contributed by atoms with van der Waals surface area (Å²) < 4.78 is 19.0. The molecule has 1 aliphatic rings. The standard InChI is InChI=1S/C15H15ClFN3O/c1-10-7-18-8-15(19-10)20-4-5-21-14(9-20)11-2-3-13(17)12(16)6-11/h2-3,6-8,14H,4-5,9H2,1H3. The second kappa shape index (κ2) is 5.95. The molecular formula is C15H15ClFN3O. The van der Waals surface area contributed by atoms with Gasteiger partial charge in [0.2, 0.25) is 0 Å². The normalized spacial score (nSPS) is 18.8. The fourth-order valence-electron chi connectivity index (χ4n) is 2.37. The van der Waals surface area contributed by atoms with Gasteiger partial charge in [-0.1, -0.05) is 17.7 Å². The number of ether oxygens (including phenoxy) is 1. The Morgan fingerprint density at radius 2 is 2.24 bits per heavy atom. The van der Waals surface area contributed by atoms with Crippen LogP contribution in [0.25, 0.3) is 0 Å². The summed E-state index contributed by atoms with van der Waals surface area (Å²) in [5.41, 5.74) is 1.74. The van der Waals surface area contributed by atoms with Crippen molar-refractivity contribution in [2.45, 2.75) is 13.0 Å². The summed E-state index contributed by atoms with van der Waals surface area (Å²) in [5, 5.41) is 0.114. The van der Waals surface area contributed by atoms with Crippen LogP contribution in [-0.4, -0.2) is 29.7 Å². The lowest BCUT2D eigenvalue weighted by atomic mass is 10.1. The Labute approximate surface area is 127 Å². The molecule has 0 radical (unpaired) electrons. The molecule has 1 atom stereocenters. The minimum atomic E-state index is -0.419. The smallest absolute Gasteiger partial charge is 0.147 e. The molecule has 0 spiro atoms. The number of rotatable bonds is 2. The molecule has 0 bridgehead atoms. The van der Waals surface area contributed by atoms with E-state index in [2.05, 4.69) is 14.9 Å². The Morgan fingerprint density at radius 1 is 1.38 bits per heavy atom. The number of morpholine rings is 1. The fraction of sp³-hybridized carbons (Fsp3) is 0.333. The van der Waals surface area contributed by atoms with Gasteiger partial charge in [-0.25, -0.2) is 9.37 Å². The van der Waals surface area contributed by atoms with Crippen LogP contribution in [0, 0.1) is 12.7 Å². The summed E-state index contributed by atoms with van der Waals surface area (Å²) in [6.07, 6.45) is 3.31. The van der Waals surface area contributed by atoms with Gasteiger partial charge >= 0.3 is 0 Å². The Kier molecular flexibility index (Phi) is 4.03. The van der Waals surface area contributed by atoms with Crippen molar-refractivity contribution in [3.05, 3.63) is 52.7 Å². The zero-order chi connectivity index (χ0) is 14.8. The molecule has 2 heterocycles. The van der Waals surface area contributed by atoms with Crippen molar-refractivity contribution in [2.75, 3.05) is 24.6 Å². The number of aryl methyl sites for hydroxylation is 1. The maximum absolute atomic E-state index is 13.3. The van der Waals surface area contributed by atoms with E-state index in [1.807, 2.05) is 6.92 Å². The molecule has 0 aliphatic carbocycles. The first-order valence-corrected chi connectivity index (χ1v) is 7.11. The highest BCUT2D eigenvalue weighted by molar-refractivity contribution is 6.30. The highest BCUT2D eigenvalue weighted by atomic mass is 35.5. The molecule has 1 aromatic carbocycles. The molecule has 0 amide bonds. The van der Waals surface area contributed by atoms with E-state index in [-0.39, 0.29) is 11.1 Å². The van der Waals surface area contributed by atoms with Gasteiger partial charge in [-0.05, 0) is 24.6 Å². The van der Waals surface area contributed by atoms with Crippen LogP contribution in [0.5, 0.6) is 0 Å². The minimum Gasteiger partial charge on any atom is -0.370 e. The van der Waals surface area contributed by atoms with Crippen molar-refractivity contribution in [3.8, 4) is 0 Å². The molecule has 1 fully saturated rings. The predicted molar refractivity (Wildman–Crippen MR) is 79.1 cm³/mol. The quantitative estimate of drug-likeness (QED) is 0.854. The van der Waals surface area contributed by atoms with E-state index in [9.17, 15) is 4.39 Å². The lowest BCUT2D eigenvalue weighted by Crippen LogP contribution is -2.39. The van der Waals surface area contributed by atoms with Gasteiger partial charge in [0.25, 0.3) is 0 Å². The summed E-state index contributed by atoms with van der Waals surface area (Å²) in [6, 6.07) is 4.69. The van der Waals surface area contributed by atoms with Crippen molar-refractivity contribution in [2.24, 2.45) is 0 Å². The van der Waals surface area contributed by atoms with E-state index < -0.39 is 5.82 Å². The van der Waals surface area contributed by atoms with Crippen LogP contribution in [0.3, 0.4) is 0 Å². The predicted octanol–water partition coefficient (Wildman–Crippen LogP) is 3.16. The van der Waals surface area contributed by atoms with Gasteiger partial charge in [0.1, 0.15) is 17.7 Å². The lowest BCUT2D eigenvalue weighted by molar-refractivity contribution is 0.0394.